The first-order valence-corrected chi connectivity index (χ1v) is 7.85. The molecule has 2 N–H and O–H groups in total. The van der Waals surface area contributed by atoms with Crippen LogP contribution in [-0.2, 0) is 4.79 Å². The van der Waals surface area contributed by atoms with Gasteiger partial charge in [-0.05, 0) is 48.5 Å². The molecule has 0 aliphatic heterocycles. The summed E-state index contributed by atoms with van der Waals surface area (Å²) >= 11 is 3.33. The van der Waals surface area contributed by atoms with Crippen LogP contribution < -0.4 is 15.4 Å². The highest BCUT2D eigenvalue weighted by Gasteiger charge is 2.07. The van der Waals surface area contributed by atoms with E-state index in [1.54, 1.807) is 43.5 Å². The topological polar surface area (TPSA) is 67.4 Å². The summed E-state index contributed by atoms with van der Waals surface area (Å²) in [5.74, 6) is 0.321. The van der Waals surface area contributed by atoms with Crippen molar-refractivity contribution in [1.82, 2.24) is 5.32 Å². The molecule has 0 saturated heterocycles. The molecule has 6 heteroatoms. The van der Waals surface area contributed by atoms with Crippen molar-refractivity contribution in [1.29, 1.82) is 0 Å². The number of hydrogen-bond acceptors (Lipinski definition) is 3. The minimum atomic E-state index is -0.218. The zero-order valence-electron chi connectivity index (χ0n) is 12.6. The molecule has 120 valence electrons. The summed E-state index contributed by atoms with van der Waals surface area (Å²) in [6, 6.07) is 14.1. The van der Waals surface area contributed by atoms with Crippen LogP contribution in [0.3, 0.4) is 0 Å². The Morgan fingerprint density at radius 1 is 1.04 bits per heavy atom. The Hall–Kier alpha value is -2.34. The number of nitrogens with one attached hydrogen (secondary N) is 2. The van der Waals surface area contributed by atoms with Gasteiger partial charge in [0.05, 0.1) is 7.11 Å². The van der Waals surface area contributed by atoms with Gasteiger partial charge in [-0.15, -0.1) is 0 Å². The van der Waals surface area contributed by atoms with Crippen molar-refractivity contribution in [2.24, 2.45) is 0 Å². The standard InChI is InChI=1S/C17H17BrN2O3/c1-23-15-8-2-12(3-9-15)17(22)19-11-10-16(21)20-14-6-4-13(18)5-7-14/h2-9H,10-11H2,1H3,(H,19,22)(H,20,21). The fraction of sp³-hybridized carbons (Fsp3) is 0.176. The third kappa shape index (κ3) is 5.41. The van der Waals surface area contributed by atoms with Crippen LogP contribution in [0.5, 0.6) is 5.75 Å². The molecule has 0 saturated carbocycles. The average Bonchev–Trinajstić information content (AvgIpc) is 2.57. The molecule has 0 aliphatic carbocycles. The van der Waals surface area contributed by atoms with Crippen LogP contribution in [0.1, 0.15) is 16.8 Å². The van der Waals surface area contributed by atoms with Gasteiger partial charge in [0.2, 0.25) is 5.91 Å². The highest BCUT2D eigenvalue weighted by Crippen LogP contribution is 2.14. The van der Waals surface area contributed by atoms with Crippen molar-refractivity contribution in [3.63, 3.8) is 0 Å². The number of ether oxygens (including phenoxy) is 1. The van der Waals surface area contributed by atoms with Crippen LogP contribution >= 0.6 is 15.9 Å². The molecule has 2 aromatic carbocycles. The zero-order valence-corrected chi connectivity index (χ0v) is 14.2. The first kappa shape index (κ1) is 17.0. The van der Waals surface area contributed by atoms with Gasteiger partial charge in [0.25, 0.3) is 5.91 Å². The molecule has 0 aromatic heterocycles. The third-order valence-electron chi connectivity index (χ3n) is 3.12. The number of rotatable bonds is 6. The summed E-state index contributed by atoms with van der Waals surface area (Å²) in [5, 5.41) is 5.48. The third-order valence-corrected chi connectivity index (χ3v) is 3.65. The van der Waals surface area contributed by atoms with E-state index < -0.39 is 0 Å². The fourth-order valence-electron chi connectivity index (χ4n) is 1.89. The van der Waals surface area contributed by atoms with Crippen molar-refractivity contribution >= 4 is 33.4 Å². The number of carbonyl (C=O) groups excluding carboxylic acids is 2. The van der Waals surface area contributed by atoms with Gasteiger partial charge < -0.3 is 15.4 Å². The lowest BCUT2D eigenvalue weighted by Gasteiger charge is -2.07. The van der Waals surface area contributed by atoms with Crippen LogP contribution in [0.4, 0.5) is 5.69 Å². The van der Waals surface area contributed by atoms with E-state index in [1.807, 2.05) is 12.1 Å². The van der Waals surface area contributed by atoms with Crippen molar-refractivity contribution in [3.05, 3.63) is 58.6 Å². The monoisotopic (exact) mass is 376 g/mol. The first-order chi connectivity index (χ1) is 11.1. The summed E-state index contributed by atoms with van der Waals surface area (Å²) in [4.78, 5) is 23.7. The summed E-state index contributed by atoms with van der Waals surface area (Å²) in [7, 11) is 1.57. The second kappa shape index (κ2) is 8.33. The molecular weight excluding hydrogens is 360 g/mol. The molecule has 2 rings (SSSR count). The number of amides is 2. The number of carbonyl (C=O) groups is 2. The molecule has 0 atom stereocenters. The normalized spacial score (nSPS) is 10.0. The van der Waals surface area contributed by atoms with E-state index in [4.69, 9.17) is 4.74 Å². The van der Waals surface area contributed by atoms with Crippen molar-refractivity contribution in [2.45, 2.75) is 6.42 Å². The largest absolute Gasteiger partial charge is 0.497 e. The van der Waals surface area contributed by atoms with Gasteiger partial charge in [0.15, 0.2) is 0 Å². The maximum absolute atomic E-state index is 11.9. The SMILES string of the molecule is COc1ccc(C(=O)NCCC(=O)Nc2ccc(Br)cc2)cc1. The molecule has 0 fully saturated rings. The molecule has 2 aromatic rings. The Morgan fingerprint density at radius 2 is 1.70 bits per heavy atom. The zero-order chi connectivity index (χ0) is 16.7. The summed E-state index contributed by atoms with van der Waals surface area (Å²) in [5.41, 5.74) is 1.25. The Kier molecular flexibility index (Phi) is 6.17. The van der Waals surface area contributed by atoms with E-state index in [1.165, 1.54) is 0 Å². The van der Waals surface area contributed by atoms with E-state index >= 15 is 0 Å². The Labute approximate surface area is 143 Å². The summed E-state index contributed by atoms with van der Waals surface area (Å²) in [6.45, 7) is 0.271. The van der Waals surface area contributed by atoms with Gasteiger partial charge >= 0.3 is 0 Å². The molecule has 5 nitrogen and oxygen atoms in total. The van der Waals surface area contributed by atoms with Crippen LogP contribution in [0, 0.1) is 0 Å². The summed E-state index contributed by atoms with van der Waals surface area (Å²) < 4.78 is 5.98. The van der Waals surface area contributed by atoms with E-state index in [0.717, 1.165) is 10.2 Å². The number of hydrogen-bond donors (Lipinski definition) is 2. The predicted octanol–water partition coefficient (Wildman–Crippen LogP) is 3.22. The molecule has 2 amide bonds. The lowest BCUT2D eigenvalue weighted by Crippen LogP contribution is -2.27. The molecule has 0 heterocycles. The number of anilines is 1. The van der Waals surface area contributed by atoms with E-state index in [0.29, 0.717) is 11.3 Å². The molecule has 23 heavy (non-hydrogen) atoms. The van der Waals surface area contributed by atoms with Crippen molar-refractivity contribution in [3.8, 4) is 5.75 Å². The number of halogens is 1. The van der Waals surface area contributed by atoms with E-state index in [9.17, 15) is 9.59 Å². The lowest BCUT2D eigenvalue weighted by molar-refractivity contribution is -0.116. The molecule has 0 radical (unpaired) electrons. The van der Waals surface area contributed by atoms with Gasteiger partial charge in [-0.3, -0.25) is 9.59 Å². The number of benzene rings is 2. The predicted molar refractivity (Wildman–Crippen MR) is 92.7 cm³/mol. The molecule has 0 spiro atoms. The van der Waals surface area contributed by atoms with Gasteiger partial charge in [-0.25, -0.2) is 0 Å². The smallest absolute Gasteiger partial charge is 0.251 e. The molecular formula is C17H17BrN2O3. The van der Waals surface area contributed by atoms with Crippen LogP contribution in [-0.4, -0.2) is 25.5 Å². The van der Waals surface area contributed by atoms with E-state index in [-0.39, 0.29) is 24.8 Å². The maximum atomic E-state index is 11.9. The first-order valence-electron chi connectivity index (χ1n) is 7.06. The highest BCUT2D eigenvalue weighted by molar-refractivity contribution is 9.10. The Balaban J connectivity index is 1.76. The van der Waals surface area contributed by atoms with Crippen LogP contribution in [0.2, 0.25) is 0 Å². The minimum absolute atomic E-state index is 0.151. The van der Waals surface area contributed by atoms with Gasteiger partial charge in [0, 0.05) is 28.7 Å². The lowest BCUT2D eigenvalue weighted by atomic mass is 10.2. The van der Waals surface area contributed by atoms with Crippen molar-refractivity contribution in [2.75, 3.05) is 19.0 Å². The maximum Gasteiger partial charge on any atom is 0.251 e. The van der Waals surface area contributed by atoms with Gasteiger partial charge in [-0.2, -0.15) is 0 Å². The second-order valence-electron chi connectivity index (χ2n) is 4.79. The van der Waals surface area contributed by atoms with Crippen LogP contribution in [0.25, 0.3) is 0 Å². The molecule has 0 unspecified atom stereocenters. The quantitative estimate of drug-likeness (QED) is 0.813. The van der Waals surface area contributed by atoms with Gasteiger partial charge in [0.1, 0.15) is 5.75 Å². The van der Waals surface area contributed by atoms with E-state index in [2.05, 4.69) is 26.6 Å². The molecule has 0 bridgehead atoms. The average molecular weight is 377 g/mol. The second-order valence-corrected chi connectivity index (χ2v) is 5.71. The Bertz CT molecular complexity index is 669. The van der Waals surface area contributed by atoms with Crippen molar-refractivity contribution < 1.29 is 14.3 Å². The highest BCUT2D eigenvalue weighted by atomic mass is 79.9. The Morgan fingerprint density at radius 3 is 2.30 bits per heavy atom. The minimum Gasteiger partial charge on any atom is -0.497 e. The molecule has 0 aliphatic rings. The van der Waals surface area contributed by atoms with Crippen LogP contribution in [0.15, 0.2) is 53.0 Å². The number of methoxy groups -OCH3 is 1. The summed E-state index contributed by atoms with van der Waals surface area (Å²) in [6.07, 6.45) is 0.206. The fourth-order valence-corrected chi connectivity index (χ4v) is 2.16. The van der Waals surface area contributed by atoms with Gasteiger partial charge in [-0.1, -0.05) is 15.9 Å².